The quantitative estimate of drug-likeness (QED) is 0.740. The highest BCUT2D eigenvalue weighted by atomic mass is 16.5. The first-order valence-corrected chi connectivity index (χ1v) is 5.41. The van der Waals surface area contributed by atoms with Crippen molar-refractivity contribution in [2.75, 3.05) is 7.11 Å². The minimum atomic E-state index is 0.0687. The normalized spacial score (nSPS) is 11.9. The van der Waals surface area contributed by atoms with Crippen LogP contribution < -0.4 is 4.74 Å². The van der Waals surface area contributed by atoms with Gasteiger partial charge in [0.15, 0.2) is 0 Å². The largest absolute Gasteiger partial charge is 0.481 e. The third kappa shape index (κ3) is 2.49. The van der Waals surface area contributed by atoms with E-state index in [1.165, 1.54) is 11.1 Å². The van der Waals surface area contributed by atoms with Gasteiger partial charge in [0.25, 0.3) is 0 Å². The van der Waals surface area contributed by atoms with Gasteiger partial charge in [0.2, 0.25) is 5.88 Å². The van der Waals surface area contributed by atoms with E-state index in [-0.39, 0.29) is 5.41 Å². The molecule has 0 atom stereocenters. The highest BCUT2D eigenvalue weighted by Crippen LogP contribution is 2.35. The van der Waals surface area contributed by atoms with Crippen LogP contribution in [0.1, 0.15) is 51.7 Å². The van der Waals surface area contributed by atoms with Crippen LogP contribution in [-0.4, -0.2) is 12.1 Å². The van der Waals surface area contributed by atoms with Crippen molar-refractivity contribution in [2.45, 2.75) is 46.0 Å². The Morgan fingerprint density at radius 1 is 1.27 bits per heavy atom. The zero-order chi connectivity index (χ0) is 11.6. The van der Waals surface area contributed by atoms with Gasteiger partial charge in [-0.1, -0.05) is 34.6 Å². The summed E-state index contributed by atoms with van der Waals surface area (Å²) in [6.45, 7) is 11.0. The molecular formula is C13H21NO. The lowest BCUT2D eigenvalue weighted by atomic mass is 9.81. The summed E-state index contributed by atoms with van der Waals surface area (Å²) < 4.78 is 5.35. The summed E-state index contributed by atoms with van der Waals surface area (Å²) in [4.78, 5) is 4.28. The fourth-order valence-corrected chi connectivity index (χ4v) is 1.85. The van der Waals surface area contributed by atoms with Crippen LogP contribution in [0.15, 0.2) is 12.3 Å². The first kappa shape index (κ1) is 12.0. The number of rotatable bonds is 2. The van der Waals surface area contributed by atoms with E-state index < -0.39 is 0 Å². The molecule has 1 aromatic heterocycles. The molecule has 0 aliphatic heterocycles. The molecule has 1 aromatic rings. The molecular weight excluding hydrogens is 186 g/mol. The molecule has 0 aliphatic rings. The molecule has 15 heavy (non-hydrogen) atoms. The molecule has 0 saturated carbocycles. The lowest BCUT2D eigenvalue weighted by Crippen LogP contribution is -2.17. The zero-order valence-electron chi connectivity index (χ0n) is 10.6. The van der Waals surface area contributed by atoms with Crippen molar-refractivity contribution in [1.82, 2.24) is 4.98 Å². The molecule has 0 radical (unpaired) electrons. The maximum atomic E-state index is 5.35. The van der Waals surface area contributed by atoms with E-state index in [0.717, 1.165) is 5.88 Å². The number of hydrogen-bond donors (Lipinski definition) is 0. The van der Waals surface area contributed by atoms with Crippen LogP contribution in [0.25, 0.3) is 0 Å². The maximum Gasteiger partial charge on any atom is 0.217 e. The summed E-state index contributed by atoms with van der Waals surface area (Å²) >= 11 is 0. The molecule has 0 bridgehead atoms. The number of pyridine rings is 1. The van der Waals surface area contributed by atoms with Gasteiger partial charge < -0.3 is 4.74 Å². The number of ether oxygens (including phenoxy) is 1. The minimum absolute atomic E-state index is 0.0687. The Bertz CT molecular complexity index is 337. The second-order valence-electron chi connectivity index (χ2n) is 5.19. The Kier molecular flexibility index (Phi) is 3.38. The molecule has 0 aliphatic carbocycles. The lowest BCUT2D eigenvalue weighted by Gasteiger charge is -2.26. The van der Waals surface area contributed by atoms with Gasteiger partial charge in [-0.2, -0.15) is 0 Å². The Morgan fingerprint density at radius 2 is 1.87 bits per heavy atom. The van der Waals surface area contributed by atoms with Crippen LogP contribution in [0.4, 0.5) is 0 Å². The number of nitrogens with zero attached hydrogens (tertiary/aromatic N) is 1. The number of aromatic nitrogens is 1. The molecule has 0 fully saturated rings. The monoisotopic (exact) mass is 207 g/mol. The van der Waals surface area contributed by atoms with Crippen molar-refractivity contribution < 1.29 is 4.74 Å². The van der Waals surface area contributed by atoms with Crippen LogP contribution in [0, 0.1) is 0 Å². The van der Waals surface area contributed by atoms with Crippen molar-refractivity contribution in [3.05, 3.63) is 23.4 Å². The van der Waals surface area contributed by atoms with E-state index in [2.05, 4.69) is 45.7 Å². The Hall–Kier alpha value is -1.05. The van der Waals surface area contributed by atoms with Crippen molar-refractivity contribution in [1.29, 1.82) is 0 Å². The number of hydrogen-bond acceptors (Lipinski definition) is 2. The van der Waals surface area contributed by atoms with Crippen LogP contribution in [0.2, 0.25) is 0 Å². The Balaban J connectivity index is 3.41. The fourth-order valence-electron chi connectivity index (χ4n) is 1.85. The van der Waals surface area contributed by atoms with Crippen molar-refractivity contribution in [3.8, 4) is 5.88 Å². The summed E-state index contributed by atoms with van der Waals surface area (Å²) in [6, 6.07) is 2.09. The van der Waals surface area contributed by atoms with E-state index in [1.807, 2.05) is 6.20 Å². The topological polar surface area (TPSA) is 22.1 Å². The van der Waals surface area contributed by atoms with Gasteiger partial charge in [0.1, 0.15) is 0 Å². The summed E-state index contributed by atoms with van der Waals surface area (Å²) in [7, 11) is 1.68. The van der Waals surface area contributed by atoms with E-state index >= 15 is 0 Å². The van der Waals surface area contributed by atoms with Crippen LogP contribution in [0.3, 0.4) is 0 Å². The molecule has 0 saturated heterocycles. The summed E-state index contributed by atoms with van der Waals surface area (Å²) in [5.41, 5.74) is 2.62. The van der Waals surface area contributed by atoms with Crippen LogP contribution in [0.5, 0.6) is 5.88 Å². The van der Waals surface area contributed by atoms with Crippen LogP contribution >= 0.6 is 0 Å². The molecule has 2 nitrogen and oxygen atoms in total. The van der Waals surface area contributed by atoms with Crippen LogP contribution in [-0.2, 0) is 5.41 Å². The third-order valence-corrected chi connectivity index (χ3v) is 2.51. The highest BCUT2D eigenvalue weighted by Gasteiger charge is 2.24. The molecule has 0 amide bonds. The second-order valence-corrected chi connectivity index (χ2v) is 5.19. The van der Waals surface area contributed by atoms with E-state index in [4.69, 9.17) is 4.74 Å². The van der Waals surface area contributed by atoms with Gasteiger partial charge in [-0.05, 0) is 23.0 Å². The molecule has 1 heterocycles. The predicted octanol–water partition coefficient (Wildman–Crippen LogP) is 3.51. The summed E-state index contributed by atoms with van der Waals surface area (Å²) in [6.07, 6.45) is 1.82. The molecule has 1 rings (SSSR count). The fraction of sp³-hybridized carbons (Fsp3) is 0.615. The smallest absolute Gasteiger partial charge is 0.217 e. The molecule has 2 heteroatoms. The van der Waals surface area contributed by atoms with E-state index in [0.29, 0.717) is 5.92 Å². The standard InChI is InChI=1S/C13H21NO/c1-9(2)10-7-8-14-12(15-6)11(10)13(3,4)5/h7-9H,1-6H3. The van der Waals surface area contributed by atoms with Gasteiger partial charge in [0.05, 0.1) is 7.11 Å². The van der Waals surface area contributed by atoms with Gasteiger partial charge in [-0.25, -0.2) is 4.98 Å². The van der Waals surface area contributed by atoms with Gasteiger partial charge in [-0.15, -0.1) is 0 Å². The average Bonchev–Trinajstić information content (AvgIpc) is 2.15. The van der Waals surface area contributed by atoms with Gasteiger partial charge >= 0.3 is 0 Å². The van der Waals surface area contributed by atoms with E-state index in [9.17, 15) is 0 Å². The molecule has 84 valence electrons. The Morgan fingerprint density at radius 3 is 2.27 bits per heavy atom. The molecule has 0 unspecified atom stereocenters. The predicted molar refractivity (Wildman–Crippen MR) is 63.6 cm³/mol. The molecule has 0 N–H and O–H groups in total. The first-order chi connectivity index (χ1) is 6.88. The van der Waals surface area contributed by atoms with Gasteiger partial charge in [-0.3, -0.25) is 0 Å². The number of methoxy groups -OCH3 is 1. The minimum Gasteiger partial charge on any atom is -0.481 e. The summed E-state index contributed by atoms with van der Waals surface area (Å²) in [5, 5.41) is 0. The highest BCUT2D eigenvalue weighted by molar-refractivity contribution is 5.41. The maximum absolute atomic E-state index is 5.35. The van der Waals surface area contributed by atoms with Crippen molar-refractivity contribution >= 4 is 0 Å². The Labute approximate surface area is 92.7 Å². The lowest BCUT2D eigenvalue weighted by molar-refractivity contribution is 0.378. The average molecular weight is 207 g/mol. The summed E-state index contributed by atoms with van der Waals surface area (Å²) in [5.74, 6) is 1.25. The second kappa shape index (κ2) is 4.21. The van der Waals surface area contributed by atoms with Crippen molar-refractivity contribution in [3.63, 3.8) is 0 Å². The first-order valence-electron chi connectivity index (χ1n) is 5.41. The molecule has 0 spiro atoms. The van der Waals surface area contributed by atoms with Crippen molar-refractivity contribution in [2.24, 2.45) is 0 Å². The zero-order valence-corrected chi connectivity index (χ0v) is 10.6. The van der Waals surface area contributed by atoms with E-state index in [1.54, 1.807) is 7.11 Å². The van der Waals surface area contributed by atoms with Gasteiger partial charge in [0, 0.05) is 11.8 Å². The molecule has 0 aromatic carbocycles. The SMILES string of the molecule is COc1nccc(C(C)C)c1C(C)(C)C. The third-order valence-electron chi connectivity index (χ3n) is 2.51.